The van der Waals surface area contributed by atoms with E-state index in [0.29, 0.717) is 49.3 Å². The van der Waals surface area contributed by atoms with Gasteiger partial charge in [-0.1, -0.05) is 11.8 Å². The van der Waals surface area contributed by atoms with Crippen molar-refractivity contribution in [1.82, 2.24) is 14.5 Å². The number of hydrogen-bond acceptors (Lipinski definition) is 5. The molecular formula is C13H17N3O3S. The van der Waals surface area contributed by atoms with Crippen LogP contribution < -0.4 is 5.56 Å². The highest BCUT2D eigenvalue weighted by Gasteiger charge is 2.30. The molecule has 0 spiro atoms. The van der Waals surface area contributed by atoms with Crippen LogP contribution in [0.3, 0.4) is 0 Å². The molecule has 20 heavy (non-hydrogen) atoms. The summed E-state index contributed by atoms with van der Waals surface area (Å²) in [6.45, 7) is 4.68. The van der Waals surface area contributed by atoms with E-state index in [1.54, 1.807) is 17.7 Å². The molecule has 0 bridgehead atoms. The lowest BCUT2D eigenvalue weighted by Gasteiger charge is -2.32. The molecule has 0 radical (unpaired) electrons. The van der Waals surface area contributed by atoms with E-state index in [9.17, 15) is 9.59 Å². The topological polar surface area (TPSA) is 64.4 Å². The van der Waals surface area contributed by atoms with Crippen molar-refractivity contribution in [3.63, 3.8) is 0 Å². The highest BCUT2D eigenvalue weighted by atomic mass is 32.2. The Morgan fingerprint density at radius 2 is 2.20 bits per heavy atom. The molecule has 1 unspecified atom stereocenters. The molecular weight excluding hydrogens is 278 g/mol. The first-order chi connectivity index (χ1) is 9.66. The Hall–Kier alpha value is -1.34. The second kappa shape index (κ2) is 5.57. The molecule has 0 aliphatic carbocycles. The number of carbonyl (C=O) groups is 1. The molecule has 0 N–H and O–H groups in total. The monoisotopic (exact) mass is 295 g/mol. The fourth-order valence-electron chi connectivity index (χ4n) is 2.49. The van der Waals surface area contributed by atoms with Gasteiger partial charge in [0.15, 0.2) is 5.16 Å². The van der Waals surface area contributed by atoms with Gasteiger partial charge in [0.25, 0.3) is 5.56 Å². The number of ether oxygens (including phenoxy) is 1. The van der Waals surface area contributed by atoms with E-state index in [-0.39, 0.29) is 17.4 Å². The predicted molar refractivity (Wildman–Crippen MR) is 74.8 cm³/mol. The lowest BCUT2D eigenvalue weighted by Crippen LogP contribution is -2.47. The first-order valence-corrected chi connectivity index (χ1v) is 7.71. The Bertz CT molecular complexity index is 581. The molecule has 3 rings (SSSR count). The second-order valence-corrected chi connectivity index (χ2v) is 6.07. The van der Waals surface area contributed by atoms with Crippen LogP contribution in [0.2, 0.25) is 0 Å². The Morgan fingerprint density at radius 1 is 1.45 bits per heavy atom. The number of rotatable bonds is 1. The summed E-state index contributed by atoms with van der Waals surface area (Å²) in [6.07, 6.45) is 1.60. The van der Waals surface area contributed by atoms with Gasteiger partial charge in [-0.05, 0) is 6.92 Å². The maximum absolute atomic E-state index is 12.5. The summed E-state index contributed by atoms with van der Waals surface area (Å²) in [7, 11) is 0. The SMILES string of the molecule is Cc1cnc2n(c1=O)CC(C(=O)N1CCOCC1)CS2. The van der Waals surface area contributed by atoms with Crippen LogP contribution in [0.1, 0.15) is 5.56 Å². The van der Waals surface area contributed by atoms with Crippen LogP contribution in [0.4, 0.5) is 0 Å². The molecule has 1 aromatic rings. The number of hydrogen-bond donors (Lipinski definition) is 0. The van der Waals surface area contributed by atoms with E-state index in [0.717, 1.165) is 0 Å². The average Bonchev–Trinajstić information content (AvgIpc) is 2.51. The zero-order valence-electron chi connectivity index (χ0n) is 11.4. The van der Waals surface area contributed by atoms with Crippen LogP contribution in [-0.4, -0.2) is 52.4 Å². The molecule has 7 heteroatoms. The number of carbonyl (C=O) groups excluding carboxylic acids is 1. The van der Waals surface area contributed by atoms with Crippen molar-refractivity contribution in [3.05, 3.63) is 22.1 Å². The lowest BCUT2D eigenvalue weighted by molar-refractivity contribution is -0.139. The fraction of sp³-hybridized carbons (Fsp3) is 0.615. The van der Waals surface area contributed by atoms with Crippen molar-refractivity contribution >= 4 is 17.7 Å². The second-order valence-electron chi connectivity index (χ2n) is 5.09. The van der Waals surface area contributed by atoms with Crippen molar-refractivity contribution in [2.24, 2.45) is 5.92 Å². The number of amides is 1. The van der Waals surface area contributed by atoms with Crippen molar-refractivity contribution in [2.75, 3.05) is 32.1 Å². The predicted octanol–water partition coefficient (Wildman–Crippen LogP) is 0.132. The summed E-state index contributed by atoms with van der Waals surface area (Å²) >= 11 is 1.49. The minimum Gasteiger partial charge on any atom is -0.378 e. The highest BCUT2D eigenvalue weighted by Crippen LogP contribution is 2.26. The first-order valence-electron chi connectivity index (χ1n) is 6.72. The summed E-state index contributed by atoms with van der Waals surface area (Å²) in [5.74, 6) is 0.665. The number of morpholine rings is 1. The van der Waals surface area contributed by atoms with Gasteiger partial charge in [0.2, 0.25) is 5.91 Å². The zero-order chi connectivity index (χ0) is 14.1. The largest absolute Gasteiger partial charge is 0.378 e. The molecule has 1 atom stereocenters. The summed E-state index contributed by atoms with van der Waals surface area (Å²) in [5, 5.41) is 0.714. The molecule has 1 fully saturated rings. The van der Waals surface area contributed by atoms with Gasteiger partial charge in [0, 0.05) is 37.1 Å². The van der Waals surface area contributed by atoms with Crippen LogP contribution in [0.25, 0.3) is 0 Å². The van der Waals surface area contributed by atoms with Gasteiger partial charge in [0.05, 0.1) is 19.1 Å². The van der Waals surface area contributed by atoms with Gasteiger partial charge in [-0.15, -0.1) is 0 Å². The van der Waals surface area contributed by atoms with Gasteiger partial charge in [-0.3, -0.25) is 14.2 Å². The maximum Gasteiger partial charge on any atom is 0.257 e. The van der Waals surface area contributed by atoms with Gasteiger partial charge in [-0.2, -0.15) is 0 Å². The minimum atomic E-state index is -0.146. The number of nitrogens with zero attached hydrogens (tertiary/aromatic N) is 3. The Kier molecular flexibility index (Phi) is 3.80. The number of aryl methyl sites for hydroxylation is 1. The molecule has 6 nitrogen and oxygen atoms in total. The molecule has 0 aromatic carbocycles. The summed E-state index contributed by atoms with van der Waals surface area (Å²) in [4.78, 5) is 30.7. The molecule has 2 aliphatic rings. The number of aromatic nitrogens is 2. The van der Waals surface area contributed by atoms with E-state index < -0.39 is 0 Å². The first kappa shape index (κ1) is 13.6. The summed E-state index contributed by atoms with van der Waals surface area (Å²) in [6, 6.07) is 0. The van der Waals surface area contributed by atoms with E-state index in [1.807, 2.05) is 4.90 Å². The maximum atomic E-state index is 12.5. The van der Waals surface area contributed by atoms with Gasteiger partial charge >= 0.3 is 0 Å². The van der Waals surface area contributed by atoms with Crippen LogP contribution >= 0.6 is 11.8 Å². The van der Waals surface area contributed by atoms with E-state index in [2.05, 4.69) is 4.98 Å². The zero-order valence-corrected chi connectivity index (χ0v) is 12.2. The lowest BCUT2D eigenvalue weighted by atomic mass is 10.1. The van der Waals surface area contributed by atoms with Crippen molar-refractivity contribution < 1.29 is 9.53 Å². The average molecular weight is 295 g/mol. The highest BCUT2D eigenvalue weighted by molar-refractivity contribution is 7.99. The van der Waals surface area contributed by atoms with Crippen LogP contribution in [0.5, 0.6) is 0 Å². The summed E-state index contributed by atoms with van der Waals surface area (Å²) < 4.78 is 6.90. The fourth-order valence-corrected chi connectivity index (χ4v) is 3.53. The van der Waals surface area contributed by atoms with E-state index in [1.165, 1.54) is 11.8 Å². The van der Waals surface area contributed by atoms with Crippen molar-refractivity contribution in [2.45, 2.75) is 18.6 Å². The third-order valence-electron chi connectivity index (χ3n) is 3.67. The smallest absolute Gasteiger partial charge is 0.257 e. The minimum absolute atomic E-state index is 0.0398. The van der Waals surface area contributed by atoms with Crippen molar-refractivity contribution in [3.8, 4) is 0 Å². The Morgan fingerprint density at radius 3 is 2.95 bits per heavy atom. The van der Waals surface area contributed by atoms with Crippen molar-refractivity contribution in [1.29, 1.82) is 0 Å². The van der Waals surface area contributed by atoms with E-state index >= 15 is 0 Å². The number of fused-ring (bicyclic) bond motifs is 1. The van der Waals surface area contributed by atoms with Gasteiger partial charge in [-0.25, -0.2) is 4.98 Å². The van der Waals surface area contributed by atoms with Crippen LogP contribution in [0, 0.1) is 12.8 Å². The van der Waals surface area contributed by atoms with Gasteiger partial charge in [0.1, 0.15) is 0 Å². The molecule has 108 valence electrons. The standard InChI is InChI=1S/C13H17N3O3S/c1-9-6-14-13-16(11(9)17)7-10(8-20-13)12(18)15-2-4-19-5-3-15/h6,10H,2-5,7-8H2,1H3. The Labute approximate surface area is 121 Å². The molecule has 3 heterocycles. The third-order valence-corrected chi connectivity index (χ3v) is 4.82. The molecule has 1 saturated heterocycles. The quantitative estimate of drug-likeness (QED) is 0.689. The third kappa shape index (κ3) is 2.47. The molecule has 0 saturated carbocycles. The van der Waals surface area contributed by atoms with Gasteiger partial charge < -0.3 is 9.64 Å². The summed E-state index contributed by atoms with van der Waals surface area (Å²) in [5.41, 5.74) is 0.579. The van der Waals surface area contributed by atoms with Crippen LogP contribution in [-0.2, 0) is 16.1 Å². The molecule has 1 aromatic heterocycles. The number of thioether (sulfide) groups is 1. The Balaban J connectivity index is 1.79. The van der Waals surface area contributed by atoms with E-state index in [4.69, 9.17) is 4.74 Å². The van der Waals surface area contributed by atoms with Crippen LogP contribution in [0.15, 0.2) is 16.1 Å². The normalized spacial score (nSPS) is 22.4. The molecule has 2 aliphatic heterocycles. The molecule has 1 amide bonds.